The van der Waals surface area contributed by atoms with Crippen LogP contribution in [0.3, 0.4) is 0 Å². The standard InChI is InChI=1S/C10H19N3S/c1-4-14-7-9(11)6-10-5-8(2)12-13(10)3/h5,9H,4,6-7,11H2,1-3H3. The summed E-state index contributed by atoms with van der Waals surface area (Å²) >= 11 is 1.89. The molecule has 1 aromatic rings. The molecule has 1 aromatic heterocycles. The molecule has 14 heavy (non-hydrogen) atoms. The minimum Gasteiger partial charge on any atom is -0.327 e. The fraction of sp³-hybridized carbons (Fsp3) is 0.700. The predicted molar refractivity (Wildman–Crippen MR) is 62.6 cm³/mol. The number of thioether (sulfide) groups is 1. The summed E-state index contributed by atoms with van der Waals surface area (Å²) in [6, 6.07) is 2.35. The van der Waals surface area contributed by atoms with Crippen LogP contribution in [0.1, 0.15) is 18.3 Å². The quantitative estimate of drug-likeness (QED) is 0.803. The summed E-state index contributed by atoms with van der Waals surface area (Å²) in [5, 5.41) is 4.30. The third-order valence-corrected chi connectivity index (χ3v) is 3.18. The Labute approximate surface area is 90.1 Å². The summed E-state index contributed by atoms with van der Waals surface area (Å²) in [6.45, 7) is 4.17. The summed E-state index contributed by atoms with van der Waals surface area (Å²) in [4.78, 5) is 0. The van der Waals surface area contributed by atoms with E-state index >= 15 is 0 Å². The minimum absolute atomic E-state index is 0.245. The minimum atomic E-state index is 0.245. The number of rotatable bonds is 5. The van der Waals surface area contributed by atoms with E-state index in [1.807, 2.05) is 30.4 Å². The molecule has 0 aliphatic carbocycles. The van der Waals surface area contributed by atoms with Crippen molar-refractivity contribution in [3.8, 4) is 0 Å². The van der Waals surface area contributed by atoms with Gasteiger partial charge in [0.2, 0.25) is 0 Å². The van der Waals surface area contributed by atoms with Gasteiger partial charge in [0, 0.05) is 31.0 Å². The number of hydrogen-bond acceptors (Lipinski definition) is 3. The van der Waals surface area contributed by atoms with Crippen LogP contribution in [0, 0.1) is 6.92 Å². The summed E-state index contributed by atoms with van der Waals surface area (Å²) in [5.74, 6) is 2.17. The van der Waals surface area contributed by atoms with Gasteiger partial charge in [0.15, 0.2) is 0 Å². The highest BCUT2D eigenvalue weighted by Crippen LogP contribution is 2.08. The molecule has 0 saturated carbocycles. The third kappa shape index (κ3) is 3.35. The largest absolute Gasteiger partial charge is 0.327 e. The fourth-order valence-corrected chi connectivity index (χ4v) is 2.11. The maximum atomic E-state index is 6.01. The second kappa shape index (κ2) is 5.41. The Morgan fingerprint density at radius 3 is 2.86 bits per heavy atom. The molecule has 2 N–H and O–H groups in total. The van der Waals surface area contributed by atoms with Gasteiger partial charge in [-0.25, -0.2) is 0 Å². The van der Waals surface area contributed by atoms with Crippen molar-refractivity contribution in [3.05, 3.63) is 17.5 Å². The summed E-state index contributed by atoms with van der Waals surface area (Å²) in [5.41, 5.74) is 8.30. The zero-order valence-corrected chi connectivity index (χ0v) is 9.97. The molecule has 1 unspecified atom stereocenters. The highest BCUT2D eigenvalue weighted by Gasteiger charge is 2.07. The van der Waals surface area contributed by atoms with E-state index in [9.17, 15) is 0 Å². The van der Waals surface area contributed by atoms with Crippen LogP contribution < -0.4 is 5.73 Å². The molecule has 1 heterocycles. The molecule has 1 rings (SSSR count). The van der Waals surface area contributed by atoms with Gasteiger partial charge in [0.05, 0.1) is 5.69 Å². The van der Waals surface area contributed by atoms with Gasteiger partial charge in [-0.05, 0) is 18.7 Å². The van der Waals surface area contributed by atoms with Gasteiger partial charge in [0.25, 0.3) is 0 Å². The van der Waals surface area contributed by atoms with E-state index in [-0.39, 0.29) is 6.04 Å². The first-order chi connectivity index (χ1) is 6.63. The molecule has 0 aromatic carbocycles. The first-order valence-corrected chi connectivity index (χ1v) is 6.11. The van der Waals surface area contributed by atoms with Crippen molar-refractivity contribution < 1.29 is 0 Å². The lowest BCUT2D eigenvalue weighted by Gasteiger charge is -2.10. The molecule has 0 aliphatic heterocycles. The van der Waals surface area contributed by atoms with Crippen LogP contribution >= 0.6 is 11.8 Å². The molecule has 0 amide bonds. The molecular weight excluding hydrogens is 194 g/mol. The smallest absolute Gasteiger partial charge is 0.0596 e. The summed E-state index contributed by atoms with van der Waals surface area (Å²) < 4.78 is 1.92. The van der Waals surface area contributed by atoms with Crippen LogP contribution in [0.5, 0.6) is 0 Å². The lowest BCUT2D eigenvalue weighted by molar-refractivity contribution is 0.653. The number of aryl methyl sites for hydroxylation is 2. The van der Waals surface area contributed by atoms with Crippen molar-refractivity contribution >= 4 is 11.8 Å². The third-order valence-electron chi connectivity index (χ3n) is 2.11. The van der Waals surface area contributed by atoms with Crippen molar-refractivity contribution in [3.63, 3.8) is 0 Å². The Kier molecular flexibility index (Phi) is 4.48. The van der Waals surface area contributed by atoms with E-state index in [4.69, 9.17) is 5.73 Å². The zero-order valence-electron chi connectivity index (χ0n) is 9.16. The number of aromatic nitrogens is 2. The number of hydrogen-bond donors (Lipinski definition) is 1. The van der Waals surface area contributed by atoms with E-state index < -0.39 is 0 Å². The average molecular weight is 213 g/mol. The molecule has 0 spiro atoms. The van der Waals surface area contributed by atoms with Crippen LogP contribution in [0.4, 0.5) is 0 Å². The Balaban J connectivity index is 2.47. The molecule has 80 valence electrons. The topological polar surface area (TPSA) is 43.8 Å². The maximum Gasteiger partial charge on any atom is 0.0596 e. The SMILES string of the molecule is CCSCC(N)Cc1cc(C)nn1C. The van der Waals surface area contributed by atoms with Gasteiger partial charge in [0.1, 0.15) is 0 Å². The first kappa shape index (κ1) is 11.6. The van der Waals surface area contributed by atoms with Crippen molar-refractivity contribution in [1.82, 2.24) is 9.78 Å². The Bertz CT molecular complexity index is 283. The number of nitrogens with zero attached hydrogens (tertiary/aromatic N) is 2. The van der Waals surface area contributed by atoms with Gasteiger partial charge >= 0.3 is 0 Å². The monoisotopic (exact) mass is 213 g/mol. The van der Waals surface area contributed by atoms with Gasteiger partial charge < -0.3 is 5.73 Å². The highest BCUT2D eigenvalue weighted by atomic mass is 32.2. The Morgan fingerprint density at radius 2 is 2.36 bits per heavy atom. The normalized spacial score (nSPS) is 13.1. The number of nitrogens with two attached hydrogens (primary N) is 1. The second-order valence-corrected chi connectivity index (χ2v) is 4.84. The van der Waals surface area contributed by atoms with Gasteiger partial charge in [-0.2, -0.15) is 16.9 Å². The van der Waals surface area contributed by atoms with E-state index in [2.05, 4.69) is 18.1 Å². The van der Waals surface area contributed by atoms with Gasteiger partial charge in [-0.1, -0.05) is 6.92 Å². The van der Waals surface area contributed by atoms with E-state index in [1.165, 1.54) is 5.69 Å². The Morgan fingerprint density at radius 1 is 1.64 bits per heavy atom. The van der Waals surface area contributed by atoms with Crippen LogP contribution in [-0.4, -0.2) is 27.3 Å². The molecule has 3 nitrogen and oxygen atoms in total. The molecule has 0 fully saturated rings. The van der Waals surface area contributed by atoms with Crippen LogP contribution in [0.15, 0.2) is 6.07 Å². The Hall–Kier alpha value is -0.480. The van der Waals surface area contributed by atoms with Crippen molar-refractivity contribution in [2.75, 3.05) is 11.5 Å². The van der Waals surface area contributed by atoms with Crippen LogP contribution in [0.2, 0.25) is 0 Å². The lowest BCUT2D eigenvalue weighted by Crippen LogP contribution is -2.26. The van der Waals surface area contributed by atoms with Crippen LogP contribution in [-0.2, 0) is 13.5 Å². The highest BCUT2D eigenvalue weighted by molar-refractivity contribution is 7.99. The van der Waals surface area contributed by atoms with Gasteiger partial charge in [-0.3, -0.25) is 4.68 Å². The van der Waals surface area contributed by atoms with Gasteiger partial charge in [-0.15, -0.1) is 0 Å². The lowest BCUT2D eigenvalue weighted by atomic mass is 10.2. The van der Waals surface area contributed by atoms with Crippen LogP contribution in [0.25, 0.3) is 0 Å². The zero-order chi connectivity index (χ0) is 10.6. The average Bonchev–Trinajstić information content (AvgIpc) is 2.42. The molecular formula is C10H19N3S. The molecule has 0 radical (unpaired) electrons. The van der Waals surface area contributed by atoms with Crippen molar-refractivity contribution in [2.45, 2.75) is 26.3 Å². The summed E-state index contributed by atoms with van der Waals surface area (Å²) in [7, 11) is 1.97. The molecule has 1 atom stereocenters. The predicted octanol–water partition coefficient (Wildman–Crippen LogP) is 1.35. The fourth-order valence-electron chi connectivity index (χ4n) is 1.45. The maximum absolute atomic E-state index is 6.01. The molecule has 0 aliphatic rings. The molecule has 0 saturated heterocycles. The van der Waals surface area contributed by atoms with Crippen molar-refractivity contribution in [1.29, 1.82) is 0 Å². The molecule has 4 heteroatoms. The van der Waals surface area contributed by atoms with E-state index in [0.717, 1.165) is 23.6 Å². The summed E-state index contributed by atoms with van der Waals surface area (Å²) in [6.07, 6.45) is 0.921. The molecule has 0 bridgehead atoms. The second-order valence-electron chi connectivity index (χ2n) is 3.52. The first-order valence-electron chi connectivity index (χ1n) is 4.96. The van der Waals surface area contributed by atoms with E-state index in [1.54, 1.807) is 0 Å². The van der Waals surface area contributed by atoms with E-state index in [0.29, 0.717) is 0 Å². The van der Waals surface area contributed by atoms with Crippen molar-refractivity contribution in [2.24, 2.45) is 12.8 Å².